The number of amides is 1. The minimum Gasteiger partial charge on any atom is -0.467 e. The van der Waals surface area contributed by atoms with Crippen molar-refractivity contribution in [3.8, 4) is 0 Å². The fourth-order valence-corrected chi connectivity index (χ4v) is 1.80. The first-order chi connectivity index (χ1) is 9.61. The second kappa shape index (κ2) is 6.34. The van der Waals surface area contributed by atoms with Crippen LogP contribution in [0.3, 0.4) is 0 Å². The van der Waals surface area contributed by atoms with Crippen LogP contribution in [0.25, 0.3) is 0 Å². The summed E-state index contributed by atoms with van der Waals surface area (Å²) in [6.45, 7) is 1.94. The average molecular weight is 277 g/mol. The number of ether oxygens (including phenoxy) is 1. The molecule has 1 heterocycles. The van der Waals surface area contributed by atoms with Gasteiger partial charge in [0.2, 0.25) is 0 Å². The summed E-state index contributed by atoms with van der Waals surface area (Å²) >= 11 is 0. The highest BCUT2D eigenvalue weighted by Gasteiger charge is 2.22. The Kier molecular flexibility index (Phi) is 4.53. The highest BCUT2D eigenvalue weighted by atomic mass is 19.1. The number of furan rings is 1. The minimum atomic E-state index is -0.588. The lowest BCUT2D eigenvalue weighted by Gasteiger charge is -2.24. The molecule has 0 aliphatic rings. The van der Waals surface area contributed by atoms with Crippen LogP contribution in [-0.2, 0) is 16.1 Å². The van der Waals surface area contributed by atoms with Crippen LogP contribution in [0.15, 0.2) is 47.1 Å². The third kappa shape index (κ3) is 3.24. The number of benzene rings is 1. The first kappa shape index (κ1) is 14.3. The van der Waals surface area contributed by atoms with Gasteiger partial charge in [-0.05, 0) is 43.3 Å². The molecule has 0 saturated carbocycles. The molecule has 0 spiro atoms. The van der Waals surface area contributed by atoms with Crippen molar-refractivity contribution in [2.45, 2.75) is 19.6 Å². The molecular formula is C15H16FNO3. The zero-order valence-electron chi connectivity index (χ0n) is 11.4. The number of nitrogens with zero attached hydrogens (tertiary/aromatic N) is 1. The number of rotatable bonds is 5. The molecule has 0 N–H and O–H groups in total. The van der Waals surface area contributed by atoms with E-state index in [1.165, 1.54) is 24.1 Å². The predicted octanol–water partition coefficient (Wildman–Crippen LogP) is 2.99. The fraction of sp³-hybridized carbons (Fsp3) is 0.267. The van der Waals surface area contributed by atoms with Crippen LogP contribution in [0.2, 0.25) is 0 Å². The van der Waals surface area contributed by atoms with E-state index in [2.05, 4.69) is 0 Å². The molecule has 1 aromatic carbocycles. The normalized spacial score (nSPS) is 12.2. The van der Waals surface area contributed by atoms with E-state index < -0.39 is 6.10 Å². The van der Waals surface area contributed by atoms with E-state index in [-0.39, 0.29) is 18.3 Å². The van der Waals surface area contributed by atoms with E-state index >= 15 is 0 Å². The maximum absolute atomic E-state index is 13.0. The number of halogens is 1. The van der Waals surface area contributed by atoms with Gasteiger partial charge in [-0.3, -0.25) is 4.79 Å². The summed E-state index contributed by atoms with van der Waals surface area (Å²) in [5.74, 6) is 0.0837. The van der Waals surface area contributed by atoms with Gasteiger partial charge in [0.05, 0.1) is 12.8 Å². The molecule has 1 amide bonds. The molecule has 0 fully saturated rings. The molecule has 0 bridgehead atoms. The van der Waals surface area contributed by atoms with Gasteiger partial charge in [-0.2, -0.15) is 0 Å². The molecule has 2 rings (SSSR count). The van der Waals surface area contributed by atoms with Crippen molar-refractivity contribution in [3.63, 3.8) is 0 Å². The van der Waals surface area contributed by atoms with Gasteiger partial charge in [-0.15, -0.1) is 0 Å². The zero-order valence-corrected chi connectivity index (χ0v) is 11.4. The smallest absolute Gasteiger partial charge is 0.256 e. The topological polar surface area (TPSA) is 42.7 Å². The molecule has 4 nitrogen and oxygen atoms in total. The number of carbonyl (C=O) groups excluding carboxylic acids is 1. The minimum absolute atomic E-state index is 0.212. The first-order valence-corrected chi connectivity index (χ1v) is 6.24. The molecule has 1 aromatic heterocycles. The molecule has 5 heteroatoms. The van der Waals surface area contributed by atoms with E-state index in [0.717, 1.165) is 0 Å². The van der Waals surface area contributed by atoms with Crippen LogP contribution in [0.1, 0.15) is 12.7 Å². The SMILES string of the molecule is COC(C)C(=O)N(Cc1ccco1)c1ccc(F)cc1. The number of hydrogen-bond acceptors (Lipinski definition) is 3. The second-order valence-corrected chi connectivity index (χ2v) is 4.36. The standard InChI is InChI=1S/C15H16FNO3/c1-11(19-2)15(18)17(10-14-4-3-9-20-14)13-7-5-12(16)6-8-13/h3-9,11H,10H2,1-2H3. The van der Waals surface area contributed by atoms with Crippen molar-refractivity contribution in [3.05, 3.63) is 54.2 Å². The van der Waals surface area contributed by atoms with Gasteiger partial charge in [-0.1, -0.05) is 0 Å². The molecule has 2 aromatic rings. The predicted molar refractivity (Wildman–Crippen MR) is 72.8 cm³/mol. The van der Waals surface area contributed by atoms with Gasteiger partial charge in [0.1, 0.15) is 17.7 Å². The number of hydrogen-bond donors (Lipinski definition) is 0. The van der Waals surface area contributed by atoms with Crippen LogP contribution < -0.4 is 4.90 Å². The van der Waals surface area contributed by atoms with E-state index in [1.54, 1.807) is 37.5 Å². The summed E-state index contributed by atoms with van der Waals surface area (Å²) in [6, 6.07) is 9.27. The quantitative estimate of drug-likeness (QED) is 0.843. The van der Waals surface area contributed by atoms with Crippen molar-refractivity contribution in [1.82, 2.24) is 0 Å². The molecular weight excluding hydrogens is 261 g/mol. The summed E-state index contributed by atoms with van der Waals surface area (Å²) in [6.07, 6.45) is 0.956. The third-order valence-electron chi connectivity index (χ3n) is 3.00. The molecule has 20 heavy (non-hydrogen) atoms. The number of carbonyl (C=O) groups is 1. The van der Waals surface area contributed by atoms with Gasteiger partial charge in [-0.25, -0.2) is 4.39 Å². The lowest BCUT2D eigenvalue weighted by atomic mass is 10.2. The Morgan fingerprint density at radius 1 is 1.35 bits per heavy atom. The van der Waals surface area contributed by atoms with Crippen LogP contribution in [0, 0.1) is 5.82 Å². The summed E-state index contributed by atoms with van der Waals surface area (Å²) in [5, 5.41) is 0. The lowest BCUT2D eigenvalue weighted by Crippen LogP contribution is -2.38. The highest BCUT2D eigenvalue weighted by Crippen LogP contribution is 2.19. The zero-order chi connectivity index (χ0) is 14.5. The summed E-state index contributed by atoms with van der Waals surface area (Å²) in [5.41, 5.74) is 0.594. The Morgan fingerprint density at radius 2 is 2.05 bits per heavy atom. The lowest BCUT2D eigenvalue weighted by molar-refractivity contribution is -0.127. The van der Waals surface area contributed by atoms with Crippen molar-refractivity contribution >= 4 is 11.6 Å². The van der Waals surface area contributed by atoms with Gasteiger partial charge < -0.3 is 14.1 Å². The molecule has 0 saturated heterocycles. The van der Waals surface area contributed by atoms with Crippen LogP contribution >= 0.6 is 0 Å². The Labute approximate surface area is 116 Å². The maximum atomic E-state index is 13.0. The second-order valence-electron chi connectivity index (χ2n) is 4.36. The van der Waals surface area contributed by atoms with Crippen LogP contribution in [-0.4, -0.2) is 19.1 Å². The Morgan fingerprint density at radius 3 is 2.60 bits per heavy atom. The monoisotopic (exact) mass is 277 g/mol. The molecule has 0 aliphatic heterocycles. The Hall–Kier alpha value is -2.14. The molecule has 0 radical (unpaired) electrons. The molecule has 1 atom stereocenters. The number of anilines is 1. The summed E-state index contributed by atoms with van der Waals surface area (Å²) in [7, 11) is 1.47. The molecule has 1 unspecified atom stereocenters. The Bertz CT molecular complexity index is 551. The maximum Gasteiger partial charge on any atom is 0.256 e. The van der Waals surface area contributed by atoms with Gasteiger partial charge in [0, 0.05) is 12.8 Å². The van der Waals surface area contributed by atoms with Crippen LogP contribution in [0.5, 0.6) is 0 Å². The largest absolute Gasteiger partial charge is 0.467 e. The van der Waals surface area contributed by atoms with Gasteiger partial charge >= 0.3 is 0 Å². The van der Waals surface area contributed by atoms with Crippen molar-refractivity contribution in [1.29, 1.82) is 0 Å². The summed E-state index contributed by atoms with van der Waals surface area (Å²) < 4.78 is 23.3. The van der Waals surface area contributed by atoms with E-state index in [0.29, 0.717) is 11.4 Å². The van der Waals surface area contributed by atoms with Crippen molar-refractivity contribution in [2.24, 2.45) is 0 Å². The summed E-state index contributed by atoms with van der Waals surface area (Å²) in [4.78, 5) is 13.9. The van der Waals surface area contributed by atoms with Gasteiger partial charge in [0.25, 0.3) is 5.91 Å². The van der Waals surface area contributed by atoms with E-state index in [9.17, 15) is 9.18 Å². The van der Waals surface area contributed by atoms with Crippen molar-refractivity contribution < 1.29 is 18.3 Å². The van der Waals surface area contributed by atoms with Crippen LogP contribution in [0.4, 0.5) is 10.1 Å². The third-order valence-corrected chi connectivity index (χ3v) is 3.00. The Balaban J connectivity index is 2.28. The van der Waals surface area contributed by atoms with Gasteiger partial charge in [0.15, 0.2) is 0 Å². The average Bonchev–Trinajstić information content (AvgIpc) is 2.97. The molecule has 106 valence electrons. The number of methoxy groups -OCH3 is 1. The highest BCUT2D eigenvalue weighted by molar-refractivity contribution is 5.96. The molecule has 0 aliphatic carbocycles. The van der Waals surface area contributed by atoms with Crippen molar-refractivity contribution in [2.75, 3.05) is 12.0 Å². The van der Waals surface area contributed by atoms with E-state index in [1.807, 2.05) is 0 Å². The fourth-order valence-electron chi connectivity index (χ4n) is 1.80. The van der Waals surface area contributed by atoms with E-state index in [4.69, 9.17) is 9.15 Å². The first-order valence-electron chi connectivity index (χ1n) is 6.24.